The Morgan fingerprint density at radius 3 is 2.17 bits per heavy atom. The average Bonchev–Trinajstić information content (AvgIpc) is 3.06. The summed E-state index contributed by atoms with van der Waals surface area (Å²) in [6, 6.07) is 0. The molecule has 0 aliphatic heterocycles. The fourth-order valence-electron chi connectivity index (χ4n) is 4.52. The van der Waals surface area contributed by atoms with Crippen molar-refractivity contribution in [1.82, 2.24) is 0 Å². The van der Waals surface area contributed by atoms with Crippen LogP contribution in [0.4, 0.5) is 0 Å². The molecular weight excluding hydrogens is 216 g/mol. The van der Waals surface area contributed by atoms with Gasteiger partial charge in [0.05, 0.1) is 0 Å². The predicted octanol–water partition coefficient (Wildman–Crippen LogP) is 6.34. The van der Waals surface area contributed by atoms with Crippen LogP contribution in [0.15, 0.2) is 0 Å². The lowest BCUT2D eigenvalue weighted by molar-refractivity contribution is 0.297. The standard InChI is InChI=1S/C18H34/c1-2-17(18-14-8-9-15-18)13-5-3-4-10-16-11-6-7-12-16/h16-18H,2-15H2,1H3. The highest BCUT2D eigenvalue weighted by Gasteiger charge is 2.23. The Morgan fingerprint density at radius 1 is 0.833 bits per heavy atom. The minimum absolute atomic E-state index is 1.07. The molecule has 2 fully saturated rings. The van der Waals surface area contributed by atoms with Gasteiger partial charge >= 0.3 is 0 Å². The van der Waals surface area contributed by atoms with E-state index in [9.17, 15) is 0 Å². The van der Waals surface area contributed by atoms with E-state index in [-0.39, 0.29) is 0 Å². The van der Waals surface area contributed by atoms with Crippen LogP contribution >= 0.6 is 0 Å². The molecule has 0 heteroatoms. The van der Waals surface area contributed by atoms with Gasteiger partial charge in [-0.3, -0.25) is 0 Å². The summed E-state index contributed by atoms with van der Waals surface area (Å²) in [4.78, 5) is 0. The fourth-order valence-corrected chi connectivity index (χ4v) is 4.52. The molecule has 2 rings (SSSR count). The van der Waals surface area contributed by atoms with Gasteiger partial charge in [0, 0.05) is 0 Å². The van der Waals surface area contributed by atoms with E-state index in [1.165, 1.54) is 57.8 Å². The van der Waals surface area contributed by atoms with Crippen LogP contribution in [0.2, 0.25) is 0 Å². The maximum atomic E-state index is 2.42. The van der Waals surface area contributed by atoms with Gasteiger partial charge in [0.25, 0.3) is 0 Å². The molecule has 1 atom stereocenters. The second kappa shape index (κ2) is 8.23. The highest BCUT2D eigenvalue weighted by Crippen LogP contribution is 2.36. The summed E-state index contributed by atoms with van der Waals surface area (Å²) in [6.07, 6.45) is 21.3. The molecule has 2 saturated carbocycles. The Balaban J connectivity index is 1.50. The number of hydrogen-bond acceptors (Lipinski definition) is 0. The number of unbranched alkanes of at least 4 members (excludes halogenated alkanes) is 2. The second-order valence-electron chi connectivity index (χ2n) is 7.00. The smallest absolute Gasteiger partial charge is 0.0386 e. The third-order valence-corrected chi connectivity index (χ3v) is 5.75. The van der Waals surface area contributed by atoms with Crippen molar-refractivity contribution in [2.45, 2.75) is 96.8 Å². The van der Waals surface area contributed by atoms with Gasteiger partial charge in [0.1, 0.15) is 0 Å². The summed E-state index contributed by atoms with van der Waals surface area (Å²) in [5.41, 5.74) is 0. The van der Waals surface area contributed by atoms with Crippen LogP contribution in [-0.4, -0.2) is 0 Å². The van der Waals surface area contributed by atoms with Crippen molar-refractivity contribution in [2.75, 3.05) is 0 Å². The van der Waals surface area contributed by atoms with Crippen molar-refractivity contribution < 1.29 is 0 Å². The first kappa shape index (κ1) is 14.4. The van der Waals surface area contributed by atoms with Crippen LogP contribution in [-0.2, 0) is 0 Å². The van der Waals surface area contributed by atoms with Gasteiger partial charge < -0.3 is 0 Å². The largest absolute Gasteiger partial charge is 0.0651 e. The molecule has 0 N–H and O–H groups in total. The first-order valence-corrected chi connectivity index (χ1v) is 8.90. The molecule has 0 heterocycles. The Bertz CT molecular complexity index is 196. The fraction of sp³-hybridized carbons (Fsp3) is 1.00. The van der Waals surface area contributed by atoms with Gasteiger partial charge in [0.2, 0.25) is 0 Å². The Labute approximate surface area is 115 Å². The number of rotatable bonds is 8. The molecule has 0 aromatic heterocycles. The SMILES string of the molecule is CCC(CCCCCC1CCCC1)C1CCCC1. The van der Waals surface area contributed by atoms with E-state index in [2.05, 4.69) is 6.92 Å². The van der Waals surface area contributed by atoms with E-state index in [1.54, 1.807) is 32.1 Å². The molecule has 0 bridgehead atoms. The average molecular weight is 250 g/mol. The zero-order valence-corrected chi connectivity index (χ0v) is 12.6. The maximum absolute atomic E-state index is 2.42. The molecule has 2 aliphatic carbocycles. The number of hydrogen-bond donors (Lipinski definition) is 0. The van der Waals surface area contributed by atoms with Gasteiger partial charge in [0.15, 0.2) is 0 Å². The van der Waals surface area contributed by atoms with Gasteiger partial charge in [-0.15, -0.1) is 0 Å². The lowest BCUT2D eigenvalue weighted by Crippen LogP contribution is -2.10. The van der Waals surface area contributed by atoms with Gasteiger partial charge in [-0.05, 0) is 17.8 Å². The van der Waals surface area contributed by atoms with Crippen LogP contribution in [0.3, 0.4) is 0 Å². The Kier molecular flexibility index (Phi) is 6.59. The quantitative estimate of drug-likeness (QED) is 0.441. The summed E-state index contributed by atoms with van der Waals surface area (Å²) in [5, 5.41) is 0. The van der Waals surface area contributed by atoms with E-state index in [1.807, 2.05) is 0 Å². The van der Waals surface area contributed by atoms with E-state index in [0.29, 0.717) is 0 Å². The summed E-state index contributed by atoms with van der Waals surface area (Å²) in [6.45, 7) is 2.42. The molecule has 2 aliphatic rings. The normalized spacial score (nSPS) is 23.8. The van der Waals surface area contributed by atoms with Crippen LogP contribution in [0, 0.1) is 17.8 Å². The monoisotopic (exact) mass is 250 g/mol. The highest BCUT2D eigenvalue weighted by molar-refractivity contribution is 4.75. The molecule has 0 aromatic rings. The summed E-state index contributed by atoms with van der Waals surface area (Å²) < 4.78 is 0. The topological polar surface area (TPSA) is 0 Å². The van der Waals surface area contributed by atoms with Crippen molar-refractivity contribution in [3.63, 3.8) is 0 Å². The maximum Gasteiger partial charge on any atom is -0.0386 e. The van der Waals surface area contributed by atoms with E-state index < -0.39 is 0 Å². The van der Waals surface area contributed by atoms with Crippen molar-refractivity contribution in [3.8, 4) is 0 Å². The van der Waals surface area contributed by atoms with Gasteiger partial charge in [-0.25, -0.2) is 0 Å². The molecule has 18 heavy (non-hydrogen) atoms. The van der Waals surface area contributed by atoms with Gasteiger partial charge in [-0.1, -0.05) is 96.8 Å². The summed E-state index contributed by atoms with van der Waals surface area (Å²) >= 11 is 0. The summed E-state index contributed by atoms with van der Waals surface area (Å²) in [5.74, 6) is 3.28. The third kappa shape index (κ3) is 4.59. The molecule has 0 amide bonds. The lowest BCUT2D eigenvalue weighted by Gasteiger charge is -2.21. The summed E-state index contributed by atoms with van der Waals surface area (Å²) in [7, 11) is 0. The van der Waals surface area contributed by atoms with Crippen LogP contribution in [0.25, 0.3) is 0 Å². The van der Waals surface area contributed by atoms with Crippen molar-refractivity contribution in [1.29, 1.82) is 0 Å². The van der Waals surface area contributed by atoms with E-state index in [0.717, 1.165) is 17.8 Å². The first-order chi connectivity index (χ1) is 8.90. The molecule has 0 spiro atoms. The molecule has 1 unspecified atom stereocenters. The lowest BCUT2D eigenvalue weighted by atomic mass is 9.84. The van der Waals surface area contributed by atoms with Crippen molar-refractivity contribution in [2.24, 2.45) is 17.8 Å². The van der Waals surface area contributed by atoms with E-state index in [4.69, 9.17) is 0 Å². The van der Waals surface area contributed by atoms with Crippen LogP contribution < -0.4 is 0 Å². The zero-order valence-electron chi connectivity index (χ0n) is 12.6. The third-order valence-electron chi connectivity index (χ3n) is 5.75. The van der Waals surface area contributed by atoms with Gasteiger partial charge in [-0.2, -0.15) is 0 Å². The van der Waals surface area contributed by atoms with Crippen molar-refractivity contribution in [3.05, 3.63) is 0 Å². The molecular formula is C18H34. The molecule has 0 saturated heterocycles. The minimum Gasteiger partial charge on any atom is -0.0651 e. The minimum atomic E-state index is 1.07. The predicted molar refractivity (Wildman–Crippen MR) is 80.8 cm³/mol. The first-order valence-electron chi connectivity index (χ1n) is 8.90. The Morgan fingerprint density at radius 2 is 1.50 bits per heavy atom. The van der Waals surface area contributed by atoms with Crippen LogP contribution in [0.1, 0.15) is 96.8 Å². The molecule has 0 aromatic carbocycles. The molecule has 0 nitrogen and oxygen atoms in total. The van der Waals surface area contributed by atoms with E-state index >= 15 is 0 Å². The molecule has 0 radical (unpaired) electrons. The Hall–Kier alpha value is 0. The zero-order chi connectivity index (χ0) is 12.6. The van der Waals surface area contributed by atoms with Crippen molar-refractivity contribution >= 4 is 0 Å². The molecule has 106 valence electrons. The second-order valence-corrected chi connectivity index (χ2v) is 7.00. The van der Waals surface area contributed by atoms with Crippen LogP contribution in [0.5, 0.6) is 0 Å². The highest BCUT2D eigenvalue weighted by atomic mass is 14.3.